The van der Waals surface area contributed by atoms with Crippen LogP contribution >= 0.6 is 11.3 Å². The quantitative estimate of drug-likeness (QED) is 0.733. The zero-order chi connectivity index (χ0) is 8.67. The Hall–Kier alpha value is -0.670. The number of hydrogen-bond acceptors (Lipinski definition) is 3. The van der Waals surface area contributed by atoms with Crippen molar-refractivity contribution < 1.29 is 0 Å². The van der Waals surface area contributed by atoms with E-state index in [1.807, 2.05) is 11.7 Å². The highest BCUT2D eigenvalue weighted by Gasteiger charge is 2.31. The van der Waals surface area contributed by atoms with Crippen molar-refractivity contribution in [2.45, 2.75) is 6.42 Å². The maximum Gasteiger partial charge on any atom is 0.0797 e. The van der Waals surface area contributed by atoms with Crippen molar-refractivity contribution in [3.63, 3.8) is 0 Å². The summed E-state index contributed by atoms with van der Waals surface area (Å²) in [5, 5.41) is 3.43. The number of fused-ring (bicyclic) bond motifs is 1. The summed E-state index contributed by atoms with van der Waals surface area (Å²) in [6.45, 7) is 2.37. The smallest absolute Gasteiger partial charge is 0.0797 e. The van der Waals surface area contributed by atoms with Gasteiger partial charge in [0.05, 0.1) is 5.51 Å². The van der Waals surface area contributed by atoms with E-state index in [1.54, 1.807) is 11.3 Å². The molecule has 0 aromatic carbocycles. The number of nitrogens with one attached hydrogen (secondary N) is 1. The minimum Gasteiger partial charge on any atom is -0.316 e. The molecule has 0 amide bonds. The average molecular weight is 192 g/mol. The van der Waals surface area contributed by atoms with Gasteiger partial charge in [-0.25, -0.2) is 0 Å². The third-order valence-corrected chi connectivity index (χ3v) is 3.89. The fourth-order valence-electron chi connectivity index (χ4n) is 2.34. The first-order valence-corrected chi connectivity index (χ1v) is 5.62. The van der Waals surface area contributed by atoms with Crippen molar-refractivity contribution in [3.05, 3.63) is 22.7 Å². The maximum absolute atomic E-state index is 4.12. The van der Waals surface area contributed by atoms with Crippen LogP contribution in [-0.4, -0.2) is 18.1 Å². The Morgan fingerprint density at radius 2 is 2.46 bits per heavy atom. The number of thiazole rings is 1. The van der Waals surface area contributed by atoms with E-state index < -0.39 is 0 Å². The molecule has 0 spiro atoms. The van der Waals surface area contributed by atoms with Crippen LogP contribution in [-0.2, 0) is 0 Å². The lowest BCUT2D eigenvalue weighted by Crippen LogP contribution is -2.08. The predicted octanol–water partition coefficient (Wildman–Crippen LogP) is 1.77. The van der Waals surface area contributed by atoms with Crippen LogP contribution in [0, 0.1) is 11.8 Å². The van der Waals surface area contributed by atoms with E-state index in [0.29, 0.717) is 0 Å². The highest BCUT2D eigenvalue weighted by molar-refractivity contribution is 7.10. The molecule has 2 aliphatic rings. The molecule has 2 nitrogen and oxygen atoms in total. The summed E-state index contributed by atoms with van der Waals surface area (Å²) in [5.41, 5.74) is 3.45. The summed E-state index contributed by atoms with van der Waals surface area (Å²) in [6.07, 6.45) is 5.68. The minimum absolute atomic E-state index is 0.789. The van der Waals surface area contributed by atoms with Crippen molar-refractivity contribution in [3.8, 4) is 0 Å². The van der Waals surface area contributed by atoms with E-state index in [1.165, 1.54) is 30.0 Å². The van der Waals surface area contributed by atoms with Crippen molar-refractivity contribution in [2.24, 2.45) is 11.8 Å². The number of allylic oxidation sites excluding steroid dienone is 1. The second kappa shape index (κ2) is 2.93. The largest absolute Gasteiger partial charge is 0.316 e. The summed E-state index contributed by atoms with van der Waals surface area (Å²) in [5.74, 6) is 1.65. The second-order valence-electron chi connectivity index (χ2n) is 3.84. The first kappa shape index (κ1) is 7.71. The van der Waals surface area contributed by atoms with Gasteiger partial charge in [0.1, 0.15) is 0 Å². The molecule has 1 N–H and O–H groups in total. The Labute approximate surface area is 81.7 Å². The molecule has 1 aliphatic carbocycles. The molecule has 1 aromatic heterocycles. The standard InChI is InChI=1S/C10H12N2S/c1-7(10-5-12-6-13-10)2-9-4-11-3-8(1)9/h1,5-6,8-9,11H,2-4H2/t8-,9+/m0/s1. The summed E-state index contributed by atoms with van der Waals surface area (Å²) in [4.78, 5) is 5.49. The number of hydrogen-bond donors (Lipinski definition) is 1. The van der Waals surface area contributed by atoms with Crippen LogP contribution in [0.1, 0.15) is 11.3 Å². The van der Waals surface area contributed by atoms with Gasteiger partial charge in [-0.15, -0.1) is 11.3 Å². The van der Waals surface area contributed by atoms with Crippen LogP contribution in [0.3, 0.4) is 0 Å². The van der Waals surface area contributed by atoms with E-state index in [-0.39, 0.29) is 0 Å². The Bertz CT molecular complexity index is 329. The van der Waals surface area contributed by atoms with Crippen molar-refractivity contribution in [2.75, 3.05) is 13.1 Å². The summed E-state index contributed by atoms with van der Waals surface area (Å²) in [6, 6.07) is 0. The minimum atomic E-state index is 0.789. The monoisotopic (exact) mass is 192 g/mol. The van der Waals surface area contributed by atoms with Gasteiger partial charge in [-0.1, -0.05) is 6.08 Å². The van der Waals surface area contributed by atoms with E-state index in [9.17, 15) is 0 Å². The molecular weight excluding hydrogens is 180 g/mol. The summed E-state index contributed by atoms with van der Waals surface area (Å²) in [7, 11) is 0. The molecule has 1 aromatic rings. The van der Waals surface area contributed by atoms with Gasteiger partial charge in [-0.2, -0.15) is 0 Å². The lowest BCUT2D eigenvalue weighted by atomic mass is 10.00. The summed E-state index contributed by atoms with van der Waals surface area (Å²) >= 11 is 1.76. The molecule has 13 heavy (non-hydrogen) atoms. The van der Waals surface area contributed by atoms with Crippen LogP contribution in [0.25, 0.3) is 5.57 Å². The number of nitrogens with zero attached hydrogens (tertiary/aromatic N) is 1. The SMILES string of the molecule is C1=C(c2cncs2)C[C@@H]2CNC[C@H]12. The van der Waals surface area contributed by atoms with Crippen molar-refractivity contribution in [1.29, 1.82) is 0 Å². The molecule has 68 valence electrons. The topological polar surface area (TPSA) is 24.9 Å². The van der Waals surface area contributed by atoms with Gasteiger partial charge in [0.15, 0.2) is 0 Å². The Morgan fingerprint density at radius 1 is 1.46 bits per heavy atom. The molecule has 1 aliphatic heterocycles. The van der Waals surface area contributed by atoms with Gasteiger partial charge in [0, 0.05) is 17.6 Å². The third-order valence-electron chi connectivity index (χ3n) is 3.04. The molecule has 3 heteroatoms. The molecule has 2 heterocycles. The van der Waals surface area contributed by atoms with E-state index in [0.717, 1.165) is 11.8 Å². The number of rotatable bonds is 1. The normalized spacial score (nSPS) is 31.8. The first-order chi connectivity index (χ1) is 6.43. The zero-order valence-electron chi connectivity index (χ0n) is 7.36. The molecule has 3 rings (SSSR count). The van der Waals surface area contributed by atoms with Crippen LogP contribution in [0.4, 0.5) is 0 Å². The fourth-order valence-corrected chi connectivity index (χ4v) is 3.00. The Morgan fingerprint density at radius 3 is 3.23 bits per heavy atom. The van der Waals surface area contributed by atoms with Gasteiger partial charge in [0.25, 0.3) is 0 Å². The molecule has 0 saturated carbocycles. The van der Waals surface area contributed by atoms with E-state index >= 15 is 0 Å². The Balaban J connectivity index is 1.88. The maximum atomic E-state index is 4.12. The van der Waals surface area contributed by atoms with Gasteiger partial charge in [0.2, 0.25) is 0 Å². The molecular formula is C10H12N2S. The highest BCUT2D eigenvalue weighted by Crippen LogP contribution is 2.39. The van der Waals surface area contributed by atoms with Gasteiger partial charge < -0.3 is 5.32 Å². The second-order valence-corrected chi connectivity index (χ2v) is 4.73. The van der Waals surface area contributed by atoms with Crippen LogP contribution in [0.2, 0.25) is 0 Å². The van der Waals surface area contributed by atoms with Gasteiger partial charge >= 0.3 is 0 Å². The number of aromatic nitrogens is 1. The van der Waals surface area contributed by atoms with Crippen LogP contribution < -0.4 is 5.32 Å². The first-order valence-electron chi connectivity index (χ1n) is 4.74. The molecule has 0 radical (unpaired) electrons. The van der Waals surface area contributed by atoms with E-state index in [2.05, 4.69) is 16.4 Å². The Kier molecular flexibility index (Phi) is 1.73. The molecule has 0 bridgehead atoms. The molecule has 2 atom stereocenters. The van der Waals surface area contributed by atoms with E-state index in [4.69, 9.17) is 0 Å². The van der Waals surface area contributed by atoms with Gasteiger partial charge in [-0.05, 0) is 30.4 Å². The molecule has 1 fully saturated rings. The van der Waals surface area contributed by atoms with Crippen LogP contribution in [0.5, 0.6) is 0 Å². The van der Waals surface area contributed by atoms with Gasteiger partial charge in [-0.3, -0.25) is 4.98 Å². The lowest BCUT2D eigenvalue weighted by molar-refractivity contribution is 0.536. The predicted molar refractivity (Wildman–Crippen MR) is 54.6 cm³/mol. The average Bonchev–Trinajstić information content (AvgIpc) is 2.78. The lowest BCUT2D eigenvalue weighted by Gasteiger charge is -2.04. The third kappa shape index (κ3) is 1.23. The molecule has 1 saturated heterocycles. The van der Waals surface area contributed by atoms with Crippen molar-refractivity contribution >= 4 is 16.9 Å². The molecule has 0 unspecified atom stereocenters. The fraction of sp³-hybridized carbons (Fsp3) is 0.500. The summed E-state index contributed by atoms with van der Waals surface area (Å²) < 4.78 is 0. The zero-order valence-corrected chi connectivity index (χ0v) is 8.18. The highest BCUT2D eigenvalue weighted by atomic mass is 32.1. The van der Waals surface area contributed by atoms with Crippen LogP contribution in [0.15, 0.2) is 17.8 Å². The van der Waals surface area contributed by atoms with Crippen molar-refractivity contribution in [1.82, 2.24) is 10.3 Å².